The molecule has 1 aromatic rings. The highest BCUT2D eigenvalue weighted by Gasteiger charge is 2.59. The van der Waals surface area contributed by atoms with E-state index in [0.29, 0.717) is 23.4 Å². The van der Waals surface area contributed by atoms with E-state index in [-0.39, 0.29) is 11.7 Å². The third-order valence-electron chi connectivity index (χ3n) is 12.0. The molecule has 1 aromatic carbocycles. The SMILES string of the molecule is CCC(CC(Oc1ccc(C(CC(C)(C)C)C(C)(C)C)cc1)OC1CC2CC1C1C(C)CC(C)C21)C1CCCC1. The van der Waals surface area contributed by atoms with Crippen molar-refractivity contribution in [2.45, 2.75) is 145 Å². The second kappa shape index (κ2) is 11.9. The molecule has 2 heteroatoms. The van der Waals surface area contributed by atoms with Crippen molar-refractivity contribution in [1.29, 1.82) is 0 Å². The van der Waals surface area contributed by atoms with Gasteiger partial charge in [0.05, 0.1) is 6.10 Å². The van der Waals surface area contributed by atoms with Crippen LogP contribution in [0.15, 0.2) is 24.3 Å². The van der Waals surface area contributed by atoms with Gasteiger partial charge in [0.2, 0.25) is 0 Å². The Bertz CT molecular complexity index is 945. The van der Waals surface area contributed by atoms with Crippen LogP contribution in [0.25, 0.3) is 0 Å². The average Bonchev–Trinajstić information content (AvgIpc) is 3.65. The maximum Gasteiger partial charge on any atom is 0.200 e. The molecule has 40 heavy (non-hydrogen) atoms. The summed E-state index contributed by atoms with van der Waals surface area (Å²) in [5.74, 6) is 8.31. The maximum absolute atomic E-state index is 7.11. The van der Waals surface area contributed by atoms with Crippen LogP contribution in [0.4, 0.5) is 0 Å². The molecule has 4 fully saturated rings. The van der Waals surface area contributed by atoms with Crippen LogP contribution in [0.5, 0.6) is 5.75 Å². The topological polar surface area (TPSA) is 18.5 Å². The molecule has 5 rings (SSSR count). The van der Waals surface area contributed by atoms with Gasteiger partial charge in [-0.05, 0) is 107 Å². The predicted octanol–water partition coefficient (Wildman–Crippen LogP) is 10.9. The van der Waals surface area contributed by atoms with Crippen molar-refractivity contribution in [3.63, 3.8) is 0 Å². The van der Waals surface area contributed by atoms with E-state index in [2.05, 4.69) is 86.6 Å². The third kappa shape index (κ3) is 6.63. The van der Waals surface area contributed by atoms with Gasteiger partial charge in [0.15, 0.2) is 6.29 Å². The fraction of sp³-hybridized carbons (Fsp3) is 0.842. The van der Waals surface area contributed by atoms with Crippen molar-refractivity contribution in [2.75, 3.05) is 0 Å². The standard InChI is InChI=1S/C38H62O2/c1-10-26(27-13-11-12-14-27)22-34(40-33-21-29-20-31(33)36-25(3)19-24(2)35(29)36)39-30-17-15-28(16-18-30)32(38(7,8)9)23-37(4,5)6/h15-18,24-27,29,31-36H,10-14,19-23H2,1-9H3. The molecule has 226 valence electrons. The first-order valence-corrected chi connectivity index (χ1v) is 17.3. The monoisotopic (exact) mass is 550 g/mol. The zero-order valence-electron chi connectivity index (χ0n) is 27.5. The molecule has 0 amide bonds. The largest absolute Gasteiger partial charge is 0.465 e. The quantitative estimate of drug-likeness (QED) is 0.270. The first-order chi connectivity index (χ1) is 18.8. The fourth-order valence-electron chi connectivity index (χ4n) is 10.3. The molecule has 0 radical (unpaired) electrons. The third-order valence-corrected chi connectivity index (χ3v) is 12.0. The van der Waals surface area contributed by atoms with Crippen molar-refractivity contribution in [3.8, 4) is 5.75 Å². The van der Waals surface area contributed by atoms with E-state index < -0.39 is 0 Å². The minimum Gasteiger partial charge on any atom is -0.465 e. The van der Waals surface area contributed by atoms with Crippen LogP contribution in [0.1, 0.15) is 138 Å². The molecule has 4 aliphatic rings. The smallest absolute Gasteiger partial charge is 0.200 e. The van der Waals surface area contributed by atoms with E-state index in [1.807, 2.05) is 0 Å². The molecule has 2 bridgehead atoms. The molecule has 0 heterocycles. The molecule has 0 aliphatic heterocycles. The summed E-state index contributed by atoms with van der Waals surface area (Å²) in [6.45, 7) is 21.7. The van der Waals surface area contributed by atoms with Gasteiger partial charge in [-0.3, -0.25) is 0 Å². The highest BCUT2D eigenvalue weighted by molar-refractivity contribution is 5.30. The lowest BCUT2D eigenvalue weighted by atomic mass is 9.69. The van der Waals surface area contributed by atoms with Crippen LogP contribution in [0, 0.1) is 58.2 Å². The minimum atomic E-state index is -0.124. The molecule has 10 atom stereocenters. The van der Waals surface area contributed by atoms with Gasteiger partial charge in [-0.2, -0.15) is 0 Å². The molecular formula is C38H62O2. The number of hydrogen-bond acceptors (Lipinski definition) is 2. The Morgan fingerprint density at radius 2 is 1.50 bits per heavy atom. The summed E-state index contributed by atoms with van der Waals surface area (Å²) < 4.78 is 13.9. The fourth-order valence-corrected chi connectivity index (χ4v) is 10.3. The molecule has 0 saturated heterocycles. The summed E-state index contributed by atoms with van der Waals surface area (Å²) >= 11 is 0. The van der Waals surface area contributed by atoms with Gasteiger partial charge in [0.25, 0.3) is 0 Å². The normalized spacial score (nSPS) is 34.7. The second-order valence-electron chi connectivity index (χ2n) is 17.2. The summed E-state index contributed by atoms with van der Waals surface area (Å²) in [6.07, 6.45) is 13.4. The molecule has 10 unspecified atom stereocenters. The van der Waals surface area contributed by atoms with Gasteiger partial charge < -0.3 is 9.47 Å². The number of hydrogen-bond donors (Lipinski definition) is 0. The highest BCUT2D eigenvalue weighted by atomic mass is 16.7. The lowest BCUT2D eigenvalue weighted by Crippen LogP contribution is -2.38. The predicted molar refractivity (Wildman–Crippen MR) is 168 cm³/mol. The Kier molecular flexibility index (Phi) is 9.08. The minimum absolute atomic E-state index is 0.124. The summed E-state index contributed by atoms with van der Waals surface area (Å²) in [5.41, 5.74) is 1.97. The van der Waals surface area contributed by atoms with Crippen LogP contribution < -0.4 is 4.74 Å². The molecule has 0 aromatic heterocycles. The van der Waals surface area contributed by atoms with E-state index in [4.69, 9.17) is 9.47 Å². The van der Waals surface area contributed by atoms with Crippen LogP contribution in [-0.4, -0.2) is 12.4 Å². The first-order valence-electron chi connectivity index (χ1n) is 17.3. The number of ether oxygens (including phenoxy) is 2. The summed E-state index contributed by atoms with van der Waals surface area (Å²) in [6, 6.07) is 9.15. The zero-order chi connectivity index (χ0) is 28.8. The van der Waals surface area contributed by atoms with E-state index in [0.717, 1.165) is 53.6 Å². The number of rotatable bonds is 10. The molecule has 0 N–H and O–H groups in total. The Hall–Kier alpha value is -1.02. The summed E-state index contributed by atoms with van der Waals surface area (Å²) in [7, 11) is 0. The van der Waals surface area contributed by atoms with Crippen LogP contribution in [0.2, 0.25) is 0 Å². The van der Waals surface area contributed by atoms with Crippen molar-refractivity contribution in [3.05, 3.63) is 29.8 Å². The number of fused-ring (bicyclic) bond motifs is 5. The highest BCUT2D eigenvalue weighted by Crippen LogP contribution is 2.63. The lowest BCUT2D eigenvalue weighted by Gasteiger charge is -2.37. The van der Waals surface area contributed by atoms with Gasteiger partial charge in [-0.15, -0.1) is 0 Å². The molecule has 2 nitrogen and oxygen atoms in total. The zero-order valence-corrected chi connectivity index (χ0v) is 27.5. The van der Waals surface area contributed by atoms with Gasteiger partial charge in [0.1, 0.15) is 5.75 Å². The maximum atomic E-state index is 7.11. The van der Waals surface area contributed by atoms with Crippen LogP contribution in [0.3, 0.4) is 0 Å². The molecular weight excluding hydrogens is 488 g/mol. The van der Waals surface area contributed by atoms with Crippen molar-refractivity contribution in [1.82, 2.24) is 0 Å². The van der Waals surface area contributed by atoms with Crippen molar-refractivity contribution in [2.24, 2.45) is 58.2 Å². The second-order valence-corrected chi connectivity index (χ2v) is 17.2. The van der Waals surface area contributed by atoms with E-state index in [1.54, 1.807) is 0 Å². The first kappa shape index (κ1) is 30.4. The van der Waals surface area contributed by atoms with Gasteiger partial charge in [-0.1, -0.05) is 107 Å². The Labute approximate surface area is 247 Å². The Morgan fingerprint density at radius 3 is 2.10 bits per heavy atom. The van der Waals surface area contributed by atoms with E-state index >= 15 is 0 Å². The van der Waals surface area contributed by atoms with E-state index in [9.17, 15) is 0 Å². The average molecular weight is 551 g/mol. The summed E-state index contributed by atoms with van der Waals surface area (Å²) in [4.78, 5) is 0. The van der Waals surface area contributed by atoms with Crippen LogP contribution >= 0.6 is 0 Å². The molecule has 4 aliphatic carbocycles. The van der Waals surface area contributed by atoms with Crippen LogP contribution in [-0.2, 0) is 4.74 Å². The van der Waals surface area contributed by atoms with Gasteiger partial charge >= 0.3 is 0 Å². The summed E-state index contributed by atoms with van der Waals surface area (Å²) in [5, 5.41) is 0. The number of benzene rings is 1. The van der Waals surface area contributed by atoms with Crippen molar-refractivity contribution < 1.29 is 9.47 Å². The van der Waals surface area contributed by atoms with E-state index in [1.165, 1.54) is 63.4 Å². The Balaban J connectivity index is 1.32. The molecule has 0 spiro atoms. The van der Waals surface area contributed by atoms with Gasteiger partial charge in [0, 0.05) is 6.42 Å². The van der Waals surface area contributed by atoms with Gasteiger partial charge in [-0.25, -0.2) is 0 Å². The Morgan fingerprint density at radius 1 is 0.850 bits per heavy atom. The lowest BCUT2D eigenvalue weighted by molar-refractivity contribution is -0.155. The molecule has 4 saturated carbocycles. The van der Waals surface area contributed by atoms with Crippen molar-refractivity contribution >= 4 is 0 Å².